The maximum Gasteiger partial charge on any atom is 0.305 e. The molecule has 0 bridgehead atoms. The number of hydrogen-bond acceptors (Lipinski definition) is 7. The minimum absolute atomic E-state index is 0. The molecule has 0 radical (unpaired) electrons. The predicted molar refractivity (Wildman–Crippen MR) is 113 cm³/mol. The summed E-state index contributed by atoms with van der Waals surface area (Å²) in [6, 6.07) is 0. The van der Waals surface area contributed by atoms with Crippen LogP contribution in [0.1, 0.15) is 65.7 Å². The lowest BCUT2D eigenvalue weighted by Gasteiger charge is -2.16. The number of rotatable bonds is 18. The lowest BCUT2D eigenvalue weighted by molar-refractivity contribution is -0.144. The standard InChI is InChI=1S/C18H33NO8S.CH4.FH/c1-15(20)7-8-16(14-17(21)19-10-13-27-28(23)24)9-12-26-18(22)6-4-3-5-11-25-2;;/h16H,3-14H2,1-2H3,(H,19,21)(H,23,24);1H4;1H. The molecule has 1 amide bonds. The van der Waals surface area contributed by atoms with Gasteiger partial charge in [-0.3, -0.25) is 23.0 Å². The highest BCUT2D eigenvalue weighted by atomic mass is 32.2. The molecular formula is C19H38FNO8S. The normalized spacial score (nSPS) is 12.1. The number of ether oxygens (including phenoxy) is 2. The summed E-state index contributed by atoms with van der Waals surface area (Å²) in [7, 11) is 1.64. The van der Waals surface area contributed by atoms with E-state index in [1.54, 1.807) is 7.11 Å². The molecule has 0 aliphatic rings. The summed E-state index contributed by atoms with van der Waals surface area (Å²) in [5.41, 5.74) is 0. The summed E-state index contributed by atoms with van der Waals surface area (Å²) in [6.45, 7) is 2.42. The van der Waals surface area contributed by atoms with E-state index in [0.29, 0.717) is 32.3 Å². The molecule has 0 fully saturated rings. The molecule has 0 aliphatic heterocycles. The molecule has 0 rings (SSSR count). The summed E-state index contributed by atoms with van der Waals surface area (Å²) >= 11 is -2.36. The summed E-state index contributed by atoms with van der Waals surface area (Å²) in [5, 5.41) is 2.59. The fraction of sp³-hybridized carbons (Fsp3) is 0.842. The summed E-state index contributed by atoms with van der Waals surface area (Å²) in [4.78, 5) is 34.9. The average Bonchev–Trinajstić information content (AvgIpc) is 2.62. The molecule has 0 aliphatic carbocycles. The highest BCUT2D eigenvalue weighted by molar-refractivity contribution is 7.74. The van der Waals surface area contributed by atoms with Crippen molar-refractivity contribution < 1.29 is 41.5 Å². The first-order valence-corrected chi connectivity index (χ1v) is 10.5. The van der Waals surface area contributed by atoms with E-state index in [4.69, 9.17) is 14.0 Å². The van der Waals surface area contributed by atoms with Crippen molar-refractivity contribution in [3.8, 4) is 0 Å². The number of esters is 1. The molecule has 2 unspecified atom stereocenters. The van der Waals surface area contributed by atoms with Gasteiger partial charge in [-0.25, -0.2) is 0 Å². The Morgan fingerprint density at radius 1 is 1.03 bits per heavy atom. The second-order valence-corrected chi connectivity index (χ2v) is 7.18. The van der Waals surface area contributed by atoms with Crippen molar-refractivity contribution in [1.82, 2.24) is 5.32 Å². The van der Waals surface area contributed by atoms with E-state index >= 15 is 0 Å². The second kappa shape index (κ2) is 22.3. The Balaban J connectivity index is -0.00000364. The number of hydrogen-bond donors (Lipinski definition) is 2. The molecule has 2 N–H and O–H groups in total. The molecule has 0 saturated heterocycles. The molecule has 0 heterocycles. The first-order valence-electron chi connectivity index (χ1n) is 9.50. The summed E-state index contributed by atoms with van der Waals surface area (Å²) < 4.78 is 33.4. The van der Waals surface area contributed by atoms with Crippen LogP contribution in [0.4, 0.5) is 4.70 Å². The molecule has 0 aromatic carbocycles. The Morgan fingerprint density at radius 2 is 1.73 bits per heavy atom. The number of amides is 1. The van der Waals surface area contributed by atoms with Crippen LogP contribution >= 0.6 is 0 Å². The van der Waals surface area contributed by atoms with E-state index < -0.39 is 11.4 Å². The quantitative estimate of drug-likeness (QED) is 0.182. The zero-order chi connectivity index (χ0) is 21.2. The van der Waals surface area contributed by atoms with Gasteiger partial charge in [-0.15, -0.1) is 0 Å². The maximum atomic E-state index is 12.0. The zero-order valence-corrected chi connectivity index (χ0v) is 18.0. The van der Waals surface area contributed by atoms with Crippen LogP contribution in [-0.2, 0) is 39.4 Å². The fourth-order valence-electron chi connectivity index (χ4n) is 2.50. The van der Waals surface area contributed by atoms with Gasteiger partial charge in [-0.2, -0.15) is 4.21 Å². The van der Waals surface area contributed by atoms with E-state index in [1.165, 1.54) is 6.92 Å². The van der Waals surface area contributed by atoms with Crippen LogP contribution in [0.2, 0.25) is 0 Å². The van der Waals surface area contributed by atoms with Gasteiger partial charge in [0.05, 0.1) is 13.2 Å². The van der Waals surface area contributed by atoms with Crippen LogP contribution in [0, 0.1) is 5.92 Å². The van der Waals surface area contributed by atoms with Crippen molar-refractivity contribution >= 4 is 29.0 Å². The van der Waals surface area contributed by atoms with Gasteiger partial charge < -0.3 is 19.6 Å². The number of halogens is 1. The number of carbonyl (C=O) groups excluding carboxylic acids is 3. The van der Waals surface area contributed by atoms with Crippen LogP contribution < -0.4 is 5.32 Å². The number of ketones is 1. The third-order valence-electron chi connectivity index (χ3n) is 4.01. The van der Waals surface area contributed by atoms with Crippen molar-refractivity contribution in [1.29, 1.82) is 0 Å². The van der Waals surface area contributed by atoms with E-state index in [9.17, 15) is 18.6 Å². The molecule has 0 aromatic heterocycles. The molecule has 0 saturated carbocycles. The Morgan fingerprint density at radius 3 is 2.33 bits per heavy atom. The van der Waals surface area contributed by atoms with Crippen LogP contribution in [0.15, 0.2) is 0 Å². The Kier molecular flexibility index (Phi) is 24.6. The maximum absolute atomic E-state index is 12.0. The highest BCUT2D eigenvalue weighted by Gasteiger charge is 2.16. The summed E-state index contributed by atoms with van der Waals surface area (Å²) in [5.74, 6) is -0.560. The van der Waals surface area contributed by atoms with Gasteiger partial charge >= 0.3 is 17.3 Å². The number of carbonyl (C=O) groups is 3. The minimum atomic E-state index is -2.36. The van der Waals surface area contributed by atoms with E-state index in [1.807, 2.05) is 0 Å². The number of nitrogens with one attached hydrogen (secondary N) is 1. The van der Waals surface area contributed by atoms with E-state index in [-0.39, 0.29) is 61.9 Å². The van der Waals surface area contributed by atoms with Crippen molar-refractivity contribution in [2.24, 2.45) is 5.92 Å². The monoisotopic (exact) mass is 459 g/mol. The van der Waals surface area contributed by atoms with Gasteiger partial charge in [0.2, 0.25) is 5.91 Å². The lowest BCUT2D eigenvalue weighted by atomic mass is 9.94. The van der Waals surface area contributed by atoms with Crippen LogP contribution in [0.5, 0.6) is 0 Å². The van der Waals surface area contributed by atoms with Gasteiger partial charge in [0.1, 0.15) is 5.78 Å². The molecule has 30 heavy (non-hydrogen) atoms. The van der Waals surface area contributed by atoms with Gasteiger partial charge in [-0.1, -0.05) is 13.8 Å². The molecule has 180 valence electrons. The molecular weight excluding hydrogens is 421 g/mol. The fourth-order valence-corrected chi connectivity index (χ4v) is 2.72. The largest absolute Gasteiger partial charge is 0.466 e. The zero-order valence-electron chi connectivity index (χ0n) is 17.2. The molecule has 0 aromatic rings. The third kappa shape index (κ3) is 22.9. The topological polar surface area (TPSA) is 128 Å². The van der Waals surface area contributed by atoms with Crippen molar-refractivity contribution in [3.63, 3.8) is 0 Å². The molecule has 9 nitrogen and oxygen atoms in total. The van der Waals surface area contributed by atoms with Gasteiger partial charge in [0.15, 0.2) is 0 Å². The minimum Gasteiger partial charge on any atom is -0.466 e. The third-order valence-corrected chi connectivity index (χ3v) is 4.37. The Labute approximate surface area is 181 Å². The van der Waals surface area contributed by atoms with Crippen LogP contribution in [0.25, 0.3) is 0 Å². The first kappa shape index (κ1) is 33.2. The van der Waals surface area contributed by atoms with Crippen molar-refractivity contribution in [3.05, 3.63) is 0 Å². The van der Waals surface area contributed by atoms with Gasteiger partial charge in [0.25, 0.3) is 0 Å². The van der Waals surface area contributed by atoms with Gasteiger partial charge in [0, 0.05) is 39.5 Å². The summed E-state index contributed by atoms with van der Waals surface area (Å²) in [6.07, 6.45) is 4.49. The van der Waals surface area contributed by atoms with Crippen LogP contribution in [-0.4, -0.2) is 59.9 Å². The molecule has 2 atom stereocenters. The van der Waals surface area contributed by atoms with E-state index in [2.05, 4.69) is 9.50 Å². The Hall–Kier alpha value is -1.43. The number of Topliss-reactive ketones (excluding diaryl/α,β-unsaturated/α-hetero) is 1. The second-order valence-electron chi connectivity index (χ2n) is 6.51. The van der Waals surface area contributed by atoms with Crippen LogP contribution in [0.3, 0.4) is 0 Å². The lowest BCUT2D eigenvalue weighted by Crippen LogP contribution is -2.29. The van der Waals surface area contributed by atoms with Crippen molar-refractivity contribution in [2.45, 2.75) is 65.7 Å². The van der Waals surface area contributed by atoms with Gasteiger partial charge in [-0.05, 0) is 38.5 Å². The smallest absolute Gasteiger partial charge is 0.305 e. The Bertz CT molecular complexity index is 493. The van der Waals surface area contributed by atoms with Crippen molar-refractivity contribution in [2.75, 3.05) is 33.5 Å². The number of methoxy groups -OCH3 is 1. The predicted octanol–water partition coefficient (Wildman–Crippen LogP) is 2.56. The first-order chi connectivity index (χ1) is 13.3. The SMILES string of the molecule is C.COCCCCCC(=O)OCCC(CCC(C)=O)CC(=O)NCCOS(=O)O.F. The van der Waals surface area contributed by atoms with E-state index in [0.717, 1.165) is 19.3 Å². The highest BCUT2D eigenvalue weighted by Crippen LogP contribution is 2.17. The number of unbranched alkanes of at least 4 members (excludes halogenated alkanes) is 2. The molecule has 0 spiro atoms. The average molecular weight is 460 g/mol. The molecule has 11 heteroatoms.